The van der Waals surface area contributed by atoms with E-state index in [1.54, 1.807) is 18.2 Å². The molecule has 0 heterocycles. The summed E-state index contributed by atoms with van der Waals surface area (Å²) in [6, 6.07) is 12.6. The molecule has 0 aliphatic rings. The van der Waals surface area contributed by atoms with E-state index in [0.29, 0.717) is 33.7 Å². The van der Waals surface area contributed by atoms with Crippen molar-refractivity contribution in [3.8, 4) is 5.75 Å². The van der Waals surface area contributed by atoms with Crippen LogP contribution in [0.5, 0.6) is 5.75 Å². The number of rotatable bonds is 7. The lowest BCUT2D eigenvalue weighted by Crippen LogP contribution is -2.15. The van der Waals surface area contributed by atoms with Gasteiger partial charge in [0.1, 0.15) is 5.75 Å². The lowest BCUT2D eigenvalue weighted by atomic mass is 10.2. The van der Waals surface area contributed by atoms with Crippen LogP contribution in [0.15, 0.2) is 42.5 Å². The van der Waals surface area contributed by atoms with Crippen molar-refractivity contribution in [2.24, 2.45) is 0 Å². The molecule has 2 aromatic carbocycles. The van der Waals surface area contributed by atoms with Crippen molar-refractivity contribution < 1.29 is 14.3 Å². The van der Waals surface area contributed by atoms with E-state index >= 15 is 0 Å². The number of anilines is 2. The van der Waals surface area contributed by atoms with Gasteiger partial charge in [0.25, 0.3) is 0 Å². The summed E-state index contributed by atoms with van der Waals surface area (Å²) in [5.41, 5.74) is 2.18. The first-order valence-electron chi connectivity index (χ1n) is 7.55. The molecule has 2 aromatic rings. The largest absolute Gasteiger partial charge is 0.495 e. The van der Waals surface area contributed by atoms with E-state index in [9.17, 15) is 9.59 Å². The fourth-order valence-electron chi connectivity index (χ4n) is 2.16. The van der Waals surface area contributed by atoms with Crippen LogP contribution in [0.25, 0.3) is 0 Å². The highest BCUT2D eigenvalue weighted by atomic mass is 35.5. The standard InChI is InChI=1S/C18H19ClN2O3S/c1-12(22)20-16-9-15(6-7-17(16)24-2)21-18(23)11-25-10-13-4-3-5-14(19)8-13/h3-9H,10-11H2,1-2H3,(H,20,22)(H,21,23). The van der Waals surface area contributed by atoms with Gasteiger partial charge in [0.05, 0.1) is 18.6 Å². The van der Waals surface area contributed by atoms with Crippen LogP contribution in [0.2, 0.25) is 5.02 Å². The van der Waals surface area contributed by atoms with Crippen molar-refractivity contribution in [3.63, 3.8) is 0 Å². The molecular formula is C18H19ClN2O3S. The van der Waals surface area contributed by atoms with Crippen molar-refractivity contribution in [2.75, 3.05) is 23.5 Å². The molecule has 0 atom stereocenters. The number of benzene rings is 2. The smallest absolute Gasteiger partial charge is 0.234 e. The average molecular weight is 379 g/mol. The molecule has 0 saturated heterocycles. The number of ether oxygens (including phenoxy) is 1. The summed E-state index contributed by atoms with van der Waals surface area (Å²) >= 11 is 7.44. The number of hydrogen-bond donors (Lipinski definition) is 2. The highest BCUT2D eigenvalue weighted by molar-refractivity contribution is 7.99. The molecule has 0 spiro atoms. The second kappa shape index (κ2) is 9.34. The molecule has 132 valence electrons. The van der Waals surface area contributed by atoms with E-state index in [4.69, 9.17) is 16.3 Å². The fourth-order valence-corrected chi connectivity index (χ4v) is 3.15. The molecule has 2 amide bonds. The lowest BCUT2D eigenvalue weighted by Gasteiger charge is -2.12. The first-order chi connectivity index (χ1) is 12.0. The minimum absolute atomic E-state index is 0.119. The fraction of sp³-hybridized carbons (Fsp3) is 0.222. The van der Waals surface area contributed by atoms with Crippen LogP contribution in [0.1, 0.15) is 12.5 Å². The number of hydrogen-bond acceptors (Lipinski definition) is 4. The van der Waals surface area contributed by atoms with E-state index in [-0.39, 0.29) is 11.8 Å². The molecule has 0 aliphatic carbocycles. The van der Waals surface area contributed by atoms with Crippen molar-refractivity contribution in [2.45, 2.75) is 12.7 Å². The van der Waals surface area contributed by atoms with Crippen molar-refractivity contribution in [3.05, 3.63) is 53.1 Å². The maximum absolute atomic E-state index is 12.1. The van der Waals surface area contributed by atoms with Gasteiger partial charge in [0.2, 0.25) is 11.8 Å². The predicted molar refractivity (Wildman–Crippen MR) is 104 cm³/mol. The number of nitrogens with one attached hydrogen (secondary N) is 2. The molecule has 0 radical (unpaired) electrons. The van der Waals surface area contributed by atoms with Crippen LogP contribution in [-0.2, 0) is 15.3 Å². The minimum Gasteiger partial charge on any atom is -0.495 e. The van der Waals surface area contributed by atoms with Crippen molar-refractivity contribution in [1.29, 1.82) is 0 Å². The van der Waals surface area contributed by atoms with Gasteiger partial charge in [-0.1, -0.05) is 23.7 Å². The Morgan fingerprint density at radius 1 is 1.16 bits per heavy atom. The zero-order valence-corrected chi connectivity index (χ0v) is 15.5. The number of carbonyl (C=O) groups is 2. The highest BCUT2D eigenvalue weighted by Gasteiger charge is 2.08. The third kappa shape index (κ3) is 6.32. The molecule has 2 rings (SSSR count). The van der Waals surface area contributed by atoms with E-state index < -0.39 is 0 Å². The second-order valence-corrected chi connectivity index (χ2v) is 6.69. The zero-order valence-electron chi connectivity index (χ0n) is 14.0. The van der Waals surface area contributed by atoms with Gasteiger partial charge in [-0.25, -0.2) is 0 Å². The van der Waals surface area contributed by atoms with Crippen LogP contribution < -0.4 is 15.4 Å². The Hall–Kier alpha value is -2.18. The Morgan fingerprint density at radius 3 is 2.64 bits per heavy atom. The maximum atomic E-state index is 12.1. The topological polar surface area (TPSA) is 67.4 Å². The van der Waals surface area contributed by atoms with Gasteiger partial charge in [0.15, 0.2) is 0 Å². The molecule has 0 aliphatic heterocycles. The third-order valence-electron chi connectivity index (χ3n) is 3.18. The summed E-state index contributed by atoms with van der Waals surface area (Å²) in [6.45, 7) is 1.41. The molecule has 0 unspecified atom stereocenters. The van der Waals surface area contributed by atoms with Crippen LogP contribution in [-0.4, -0.2) is 24.7 Å². The Balaban J connectivity index is 1.90. The maximum Gasteiger partial charge on any atom is 0.234 e. The molecule has 7 heteroatoms. The monoisotopic (exact) mass is 378 g/mol. The summed E-state index contributed by atoms with van der Waals surface area (Å²) in [5.74, 6) is 1.22. The van der Waals surface area contributed by atoms with Gasteiger partial charge in [-0.05, 0) is 35.9 Å². The van der Waals surface area contributed by atoms with Gasteiger partial charge in [-0.15, -0.1) is 11.8 Å². The summed E-state index contributed by atoms with van der Waals surface area (Å²) in [6.07, 6.45) is 0. The number of amides is 2. The Morgan fingerprint density at radius 2 is 1.96 bits per heavy atom. The number of methoxy groups -OCH3 is 1. The Kier molecular flexibility index (Phi) is 7.16. The van der Waals surface area contributed by atoms with Gasteiger partial charge in [-0.2, -0.15) is 0 Å². The van der Waals surface area contributed by atoms with Crippen molar-refractivity contribution in [1.82, 2.24) is 0 Å². The minimum atomic E-state index is -0.209. The normalized spacial score (nSPS) is 10.2. The van der Waals surface area contributed by atoms with Crippen molar-refractivity contribution >= 4 is 46.6 Å². The Labute approximate surface area is 156 Å². The lowest BCUT2D eigenvalue weighted by molar-refractivity contribution is -0.114. The Bertz CT molecular complexity index is 768. The quantitative estimate of drug-likeness (QED) is 0.758. The summed E-state index contributed by atoms with van der Waals surface area (Å²) in [7, 11) is 1.52. The SMILES string of the molecule is COc1ccc(NC(=O)CSCc2cccc(Cl)c2)cc1NC(C)=O. The molecule has 0 fully saturated rings. The van der Waals surface area contributed by atoms with Crippen LogP contribution >= 0.6 is 23.4 Å². The number of halogens is 1. The van der Waals surface area contributed by atoms with E-state index in [0.717, 1.165) is 5.56 Å². The molecule has 25 heavy (non-hydrogen) atoms. The first-order valence-corrected chi connectivity index (χ1v) is 9.09. The molecule has 2 N–H and O–H groups in total. The molecule has 5 nitrogen and oxygen atoms in total. The van der Waals surface area contributed by atoms with E-state index in [1.165, 1.54) is 25.8 Å². The van der Waals surface area contributed by atoms with Crippen LogP contribution in [0, 0.1) is 0 Å². The zero-order chi connectivity index (χ0) is 18.2. The van der Waals surface area contributed by atoms with Gasteiger partial charge < -0.3 is 15.4 Å². The molecule has 0 saturated carbocycles. The number of carbonyl (C=O) groups excluding carboxylic acids is 2. The van der Waals surface area contributed by atoms with E-state index in [1.807, 2.05) is 24.3 Å². The van der Waals surface area contributed by atoms with Gasteiger partial charge >= 0.3 is 0 Å². The van der Waals surface area contributed by atoms with E-state index in [2.05, 4.69) is 10.6 Å². The predicted octanol–water partition coefficient (Wildman–Crippen LogP) is 4.18. The second-order valence-electron chi connectivity index (χ2n) is 5.27. The number of thioether (sulfide) groups is 1. The van der Waals surface area contributed by atoms with Gasteiger partial charge in [0, 0.05) is 23.4 Å². The molecular weight excluding hydrogens is 360 g/mol. The van der Waals surface area contributed by atoms with Gasteiger partial charge in [-0.3, -0.25) is 9.59 Å². The summed E-state index contributed by atoms with van der Waals surface area (Å²) in [4.78, 5) is 23.3. The highest BCUT2D eigenvalue weighted by Crippen LogP contribution is 2.28. The first kappa shape index (κ1) is 19.1. The summed E-state index contributed by atoms with van der Waals surface area (Å²) in [5, 5.41) is 6.17. The average Bonchev–Trinajstić information content (AvgIpc) is 2.54. The third-order valence-corrected chi connectivity index (χ3v) is 4.42. The van der Waals surface area contributed by atoms with Crippen LogP contribution in [0.4, 0.5) is 11.4 Å². The van der Waals surface area contributed by atoms with Crippen LogP contribution in [0.3, 0.4) is 0 Å². The molecule has 0 bridgehead atoms. The summed E-state index contributed by atoms with van der Waals surface area (Å²) < 4.78 is 5.19. The molecule has 0 aromatic heterocycles.